The molecule has 6 nitrogen and oxygen atoms in total. The van der Waals surface area contributed by atoms with E-state index in [2.05, 4.69) is 10.6 Å². The van der Waals surface area contributed by atoms with Crippen LogP contribution < -0.4 is 16.4 Å². The molecule has 4 N–H and O–H groups in total. The molecule has 0 aromatic rings. The minimum absolute atomic E-state index is 0.0272. The molecule has 0 aromatic heterocycles. The van der Waals surface area contributed by atoms with Crippen LogP contribution in [-0.4, -0.2) is 55.0 Å². The SMILES string of the molecule is NC(=O)C1CNCCN1C1CCCNC1=O. The monoisotopic (exact) mass is 226 g/mol. The fourth-order valence-electron chi connectivity index (χ4n) is 2.43. The van der Waals surface area contributed by atoms with Gasteiger partial charge in [-0.1, -0.05) is 0 Å². The first-order valence-electron chi connectivity index (χ1n) is 5.73. The molecule has 0 aromatic carbocycles. The summed E-state index contributed by atoms with van der Waals surface area (Å²) in [5, 5.41) is 5.96. The van der Waals surface area contributed by atoms with Gasteiger partial charge in [-0.2, -0.15) is 0 Å². The molecule has 2 rings (SSSR count). The van der Waals surface area contributed by atoms with Crippen LogP contribution >= 0.6 is 0 Å². The number of rotatable bonds is 2. The van der Waals surface area contributed by atoms with E-state index in [1.54, 1.807) is 0 Å². The van der Waals surface area contributed by atoms with E-state index in [1.807, 2.05) is 4.90 Å². The van der Waals surface area contributed by atoms with Crippen LogP contribution in [-0.2, 0) is 9.59 Å². The summed E-state index contributed by atoms with van der Waals surface area (Å²) < 4.78 is 0. The van der Waals surface area contributed by atoms with E-state index in [1.165, 1.54) is 0 Å². The van der Waals surface area contributed by atoms with Gasteiger partial charge >= 0.3 is 0 Å². The molecule has 0 aliphatic carbocycles. The Labute approximate surface area is 94.5 Å². The maximum atomic E-state index is 11.7. The Kier molecular flexibility index (Phi) is 3.40. The minimum atomic E-state index is -0.359. The minimum Gasteiger partial charge on any atom is -0.368 e. The zero-order chi connectivity index (χ0) is 11.5. The molecule has 0 bridgehead atoms. The van der Waals surface area contributed by atoms with Crippen LogP contribution in [0.25, 0.3) is 0 Å². The van der Waals surface area contributed by atoms with Gasteiger partial charge in [0, 0.05) is 26.2 Å². The van der Waals surface area contributed by atoms with Crippen LogP contribution in [0.3, 0.4) is 0 Å². The van der Waals surface area contributed by atoms with Crippen LogP contribution in [0.2, 0.25) is 0 Å². The molecule has 0 saturated carbocycles. The molecule has 0 radical (unpaired) electrons. The summed E-state index contributed by atoms with van der Waals surface area (Å²) in [6.07, 6.45) is 1.78. The van der Waals surface area contributed by atoms with Crippen molar-refractivity contribution in [1.29, 1.82) is 0 Å². The van der Waals surface area contributed by atoms with Crippen LogP contribution in [0.4, 0.5) is 0 Å². The second-order valence-corrected chi connectivity index (χ2v) is 4.31. The van der Waals surface area contributed by atoms with Crippen molar-refractivity contribution in [3.8, 4) is 0 Å². The van der Waals surface area contributed by atoms with Gasteiger partial charge in [-0.25, -0.2) is 0 Å². The zero-order valence-electron chi connectivity index (χ0n) is 9.24. The lowest BCUT2D eigenvalue weighted by Gasteiger charge is -2.40. The van der Waals surface area contributed by atoms with Crippen molar-refractivity contribution in [2.45, 2.75) is 24.9 Å². The summed E-state index contributed by atoms with van der Waals surface area (Å²) in [5.74, 6) is -0.329. The molecule has 2 saturated heterocycles. The third-order valence-corrected chi connectivity index (χ3v) is 3.27. The summed E-state index contributed by atoms with van der Waals surface area (Å²) in [6, 6.07) is -0.545. The fraction of sp³-hybridized carbons (Fsp3) is 0.800. The average Bonchev–Trinajstić information content (AvgIpc) is 2.29. The highest BCUT2D eigenvalue weighted by Crippen LogP contribution is 2.15. The van der Waals surface area contributed by atoms with Crippen molar-refractivity contribution in [1.82, 2.24) is 15.5 Å². The van der Waals surface area contributed by atoms with Gasteiger partial charge in [-0.05, 0) is 12.8 Å². The predicted molar refractivity (Wildman–Crippen MR) is 58.6 cm³/mol. The molecule has 2 atom stereocenters. The molecule has 90 valence electrons. The fourth-order valence-corrected chi connectivity index (χ4v) is 2.43. The molecule has 16 heavy (non-hydrogen) atoms. The quantitative estimate of drug-likeness (QED) is 0.509. The molecular weight excluding hydrogens is 208 g/mol. The van der Waals surface area contributed by atoms with Crippen LogP contribution in [0.15, 0.2) is 0 Å². The van der Waals surface area contributed by atoms with Gasteiger partial charge < -0.3 is 16.4 Å². The lowest BCUT2D eigenvalue weighted by Crippen LogP contribution is -2.63. The number of primary amides is 1. The molecular formula is C10H18N4O2. The van der Waals surface area contributed by atoms with E-state index in [-0.39, 0.29) is 23.9 Å². The lowest BCUT2D eigenvalue weighted by molar-refractivity contribution is -0.133. The number of nitrogens with two attached hydrogens (primary N) is 1. The number of carbonyl (C=O) groups excluding carboxylic acids is 2. The van der Waals surface area contributed by atoms with Gasteiger partial charge in [-0.15, -0.1) is 0 Å². The van der Waals surface area contributed by atoms with Crippen LogP contribution in [0, 0.1) is 0 Å². The summed E-state index contributed by atoms with van der Waals surface area (Å²) >= 11 is 0. The van der Waals surface area contributed by atoms with Gasteiger partial charge in [0.1, 0.15) is 6.04 Å². The first-order valence-corrected chi connectivity index (χ1v) is 5.73. The highest BCUT2D eigenvalue weighted by atomic mass is 16.2. The standard InChI is InChI=1S/C10H18N4O2/c11-9(15)8-6-12-4-5-14(8)7-2-1-3-13-10(7)16/h7-8,12H,1-6H2,(H2,11,15)(H,13,16). The van der Waals surface area contributed by atoms with E-state index in [0.29, 0.717) is 13.1 Å². The molecule has 2 fully saturated rings. The Bertz CT molecular complexity index is 295. The smallest absolute Gasteiger partial charge is 0.237 e. The average molecular weight is 226 g/mol. The van der Waals surface area contributed by atoms with E-state index < -0.39 is 0 Å². The Morgan fingerprint density at radius 3 is 2.94 bits per heavy atom. The first kappa shape index (κ1) is 11.3. The van der Waals surface area contributed by atoms with Gasteiger partial charge in [0.2, 0.25) is 11.8 Å². The van der Waals surface area contributed by atoms with Crippen LogP contribution in [0.5, 0.6) is 0 Å². The molecule has 2 aliphatic heterocycles. The number of amides is 2. The number of nitrogens with zero attached hydrogens (tertiary/aromatic N) is 1. The molecule has 2 amide bonds. The number of hydrogen-bond donors (Lipinski definition) is 3. The molecule has 6 heteroatoms. The van der Waals surface area contributed by atoms with Gasteiger partial charge in [0.05, 0.1) is 6.04 Å². The molecule has 0 spiro atoms. The normalized spacial score (nSPS) is 32.1. The maximum Gasteiger partial charge on any atom is 0.237 e. The van der Waals surface area contributed by atoms with Gasteiger partial charge in [0.25, 0.3) is 0 Å². The van der Waals surface area contributed by atoms with E-state index in [0.717, 1.165) is 25.9 Å². The first-order chi connectivity index (χ1) is 7.70. The number of hydrogen-bond acceptors (Lipinski definition) is 4. The molecule has 2 unspecified atom stereocenters. The second-order valence-electron chi connectivity index (χ2n) is 4.31. The van der Waals surface area contributed by atoms with Gasteiger partial charge in [-0.3, -0.25) is 14.5 Å². The second kappa shape index (κ2) is 4.80. The largest absolute Gasteiger partial charge is 0.368 e. The summed E-state index contributed by atoms with van der Waals surface area (Å²) in [5.41, 5.74) is 5.36. The number of carbonyl (C=O) groups is 2. The Morgan fingerprint density at radius 2 is 2.25 bits per heavy atom. The highest BCUT2D eigenvalue weighted by Gasteiger charge is 2.36. The summed E-state index contributed by atoms with van der Waals surface area (Å²) in [7, 11) is 0. The van der Waals surface area contributed by atoms with E-state index >= 15 is 0 Å². The zero-order valence-corrected chi connectivity index (χ0v) is 9.24. The predicted octanol–water partition coefficient (Wildman–Crippen LogP) is -1.98. The Hall–Kier alpha value is -1.14. The van der Waals surface area contributed by atoms with Crippen molar-refractivity contribution in [3.63, 3.8) is 0 Å². The van der Waals surface area contributed by atoms with Crippen molar-refractivity contribution in [2.24, 2.45) is 5.73 Å². The van der Waals surface area contributed by atoms with Crippen molar-refractivity contribution in [3.05, 3.63) is 0 Å². The van der Waals surface area contributed by atoms with Crippen LogP contribution in [0.1, 0.15) is 12.8 Å². The Morgan fingerprint density at radius 1 is 1.44 bits per heavy atom. The number of nitrogens with one attached hydrogen (secondary N) is 2. The molecule has 2 aliphatic rings. The molecule has 2 heterocycles. The van der Waals surface area contributed by atoms with Gasteiger partial charge in [0.15, 0.2) is 0 Å². The number of piperidine rings is 1. The summed E-state index contributed by atoms with van der Waals surface area (Å²) in [4.78, 5) is 25.0. The topological polar surface area (TPSA) is 87.5 Å². The third-order valence-electron chi connectivity index (χ3n) is 3.27. The van der Waals surface area contributed by atoms with E-state index in [4.69, 9.17) is 5.73 Å². The van der Waals surface area contributed by atoms with Crippen molar-refractivity contribution < 1.29 is 9.59 Å². The van der Waals surface area contributed by atoms with E-state index in [9.17, 15) is 9.59 Å². The third kappa shape index (κ3) is 2.17. The van der Waals surface area contributed by atoms with Crippen molar-refractivity contribution in [2.75, 3.05) is 26.2 Å². The Balaban J connectivity index is 2.09. The summed E-state index contributed by atoms with van der Waals surface area (Å²) in [6.45, 7) is 2.78. The number of piperazine rings is 1. The maximum absolute atomic E-state index is 11.7. The van der Waals surface area contributed by atoms with Crippen molar-refractivity contribution >= 4 is 11.8 Å². The highest BCUT2D eigenvalue weighted by molar-refractivity contribution is 5.85. The lowest BCUT2D eigenvalue weighted by atomic mass is 10.0.